The predicted octanol–water partition coefficient (Wildman–Crippen LogP) is 2.52. The van der Waals surface area contributed by atoms with Gasteiger partial charge >= 0.3 is 0 Å². The first-order valence-electron chi connectivity index (χ1n) is 8.72. The lowest BCUT2D eigenvalue weighted by Gasteiger charge is -2.14. The van der Waals surface area contributed by atoms with E-state index in [2.05, 4.69) is 10.9 Å². The zero-order chi connectivity index (χ0) is 21.2. The minimum Gasteiger partial charge on any atom is -0.493 e. The topological polar surface area (TPSA) is 95.1 Å². The predicted molar refractivity (Wildman–Crippen MR) is 108 cm³/mol. The van der Waals surface area contributed by atoms with Crippen LogP contribution in [0.4, 0.5) is 0 Å². The zero-order valence-electron chi connectivity index (χ0n) is 16.4. The third-order valence-electron chi connectivity index (χ3n) is 3.90. The lowest BCUT2D eigenvalue weighted by molar-refractivity contribution is -0.130. The Morgan fingerprint density at radius 1 is 0.897 bits per heavy atom. The van der Waals surface area contributed by atoms with Crippen LogP contribution in [-0.4, -0.2) is 39.8 Å². The van der Waals surface area contributed by atoms with Crippen LogP contribution < -0.4 is 29.8 Å². The van der Waals surface area contributed by atoms with Gasteiger partial charge in [-0.15, -0.1) is 0 Å². The molecule has 2 rings (SSSR count). The number of hydrogen-bond donors (Lipinski definition) is 2. The van der Waals surface area contributed by atoms with Crippen molar-refractivity contribution >= 4 is 23.4 Å². The van der Waals surface area contributed by atoms with E-state index in [1.807, 2.05) is 0 Å². The number of hydrazine groups is 1. The third-order valence-corrected chi connectivity index (χ3v) is 4.21. The van der Waals surface area contributed by atoms with Crippen LogP contribution >= 0.6 is 11.6 Å². The van der Waals surface area contributed by atoms with Crippen molar-refractivity contribution in [3.63, 3.8) is 0 Å². The van der Waals surface area contributed by atoms with Gasteiger partial charge in [0.1, 0.15) is 5.75 Å². The molecule has 0 aliphatic heterocycles. The van der Waals surface area contributed by atoms with Crippen molar-refractivity contribution in [2.45, 2.75) is 12.8 Å². The minimum absolute atomic E-state index is 0.143. The molecule has 8 nitrogen and oxygen atoms in total. The van der Waals surface area contributed by atoms with E-state index in [1.165, 1.54) is 21.3 Å². The molecular weight excluding hydrogens is 400 g/mol. The maximum absolute atomic E-state index is 12.0. The van der Waals surface area contributed by atoms with Gasteiger partial charge in [0.25, 0.3) is 5.91 Å². The second-order valence-electron chi connectivity index (χ2n) is 5.85. The summed E-state index contributed by atoms with van der Waals surface area (Å²) in [7, 11) is 4.56. The van der Waals surface area contributed by atoms with Crippen molar-refractivity contribution in [1.29, 1.82) is 0 Å². The first kappa shape index (κ1) is 22.2. The molecule has 0 radical (unpaired) electrons. The number of carbonyl (C=O) groups excluding carboxylic acids is 2. The lowest BCUT2D eigenvalue weighted by Crippen LogP contribution is -2.43. The number of ether oxygens (including phenoxy) is 4. The van der Waals surface area contributed by atoms with Gasteiger partial charge in [0.2, 0.25) is 11.7 Å². The Bertz CT molecular complexity index is 834. The van der Waals surface area contributed by atoms with Crippen molar-refractivity contribution in [3.8, 4) is 23.0 Å². The summed E-state index contributed by atoms with van der Waals surface area (Å²) in [4.78, 5) is 23.8. The van der Waals surface area contributed by atoms with E-state index in [0.717, 1.165) is 5.56 Å². The highest BCUT2D eigenvalue weighted by atomic mass is 35.5. The van der Waals surface area contributed by atoms with E-state index >= 15 is 0 Å². The SMILES string of the molecule is COc1cc(CCC(=O)NNC(=O)COc2ccccc2Cl)cc(OC)c1OC. The van der Waals surface area contributed by atoms with Gasteiger partial charge in [0, 0.05) is 6.42 Å². The third kappa shape index (κ3) is 6.46. The minimum atomic E-state index is -0.508. The molecule has 9 heteroatoms. The van der Waals surface area contributed by atoms with E-state index in [-0.39, 0.29) is 18.9 Å². The molecule has 156 valence electrons. The smallest absolute Gasteiger partial charge is 0.276 e. The first-order chi connectivity index (χ1) is 14.0. The molecule has 0 saturated carbocycles. The highest BCUT2D eigenvalue weighted by Crippen LogP contribution is 2.38. The molecule has 2 amide bonds. The molecule has 0 aliphatic rings. The number of amides is 2. The van der Waals surface area contributed by atoms with Gasteiger partial charge in [-0.2, -0.15) is 0 Å². The maximum Gasteiger partial charge on any atom is 0.276 e. The summed E-state index contributed by atoms with van der Waals surface area (Å²) >= 11 is 5.94. The zero-order valence-corrected chi connectivity index (χ0v) is 17.2. The maximum atomic E-state index is 12.0. The number of aryl methyl sites for hydroxylation is 1. The lowest BCUT2D eigenvalue weighted by atomic mass is 10.1. The number of benzene rings is 2. The van der Waals surface area contributed by atoms with Crippen LogP contribution in [0.1, 0.15) is 12.0 Å². The van der Waals surface area contributed by atoms with Crippen molar-refractivity contribution in [1.82, 2.24) is 10.9 Å². The fourth-order valence-corrected chi connectivity index (χ4v) is 2.67. The van der Waals surface area contributed by atoms with Crippen molar-refractivity contribution < 1.29 is 28.5 Å². The first-order valence-corrected chi connectivity index (χ1v) is 9.10. The quantitative estimate of drug-likeness (QED) is 0.603. The molecule has 0 heterocycles. The summed E-state index contributed by atoms with van der Waals surface area (Å²) in [5, 5.41) is 0.398. The van der Waals surface area contributed by atoms with Crippen molar-refractivity contribution in [2.24, 2.45) is 0 Å². The number of rotatable bonds is 9. The largest absolute Gasteiger partial charge is 0.493 e. The van der Waals surface area contributed by atoms with E-state index in [0.29, 0.717) is 34.4 Å². The molecule has 2 N–H and O–H groups in total. The van der Waals surface area contributed by atoms with Crippen molar-refractivity contribution in [3.05, 3.63) is 47.0 Å². The van der Waals surface area contributed by atoms with E-state index in [9.17, 15) is 9.59 Å². The van der Waals surface area contributed by atoms with Gasteiger partial charge < -0.3 is 18.9 Å². The summed E-state index contributed by atoms with van der Waals surface area (Å²) in [6, 6.07) is 10.3. The number of methoxy groups -OCH3 is 3. The second-order valence-corrected chi connectivity index (χ2v) is 6.26. The molecule has 2 aromatic carbocycles. The second kappa shape index (κ2) is 11.0. The Labute approximate surface area is 174 Å². The van der Waals surface area contributed by atoms with Crippen LogP contribution in [0, 0.1) is 0 Å². The number of nitrogens with one attached hydrogen (secondary N) is 2. The summed E-state index contributed by atoms with van der Waals surface area (Å²) in [6.45, 7) is -0.281. The summed E-state index contributed by atoms with van der Waals surface area (Å²) in [5.41, 5.74) is 5.46. The van der Waals surface area contributed by atoms with Crippen LogP contribution in [0.15, 0.2) is 36.4 Å². The molecule has 0 aliphatic carbocycles. The van der Waals surface area contributed by atoms with Crippen LogP contribution in [0.5, 0.6) is 23.0 Å². The normalized spacial score (nSPS) is 10.1. The van der Waals surface area contributed by atoms with E-state index in [1.54, 1.807) is 36.4 Å². The highest BCUT2D eigenvalue weighted by Gasteiger charge is 2.14. The molecule has 0 saturated heterocycles. The molecular formula is C20H23ClN2O6. The van der Waals surface area contributed by atoms with Gasteiger partial charge in [-0.05, 0) is 36.2 Å². The van der Waals surface area contributed by atoms with E-state index < -0.39 is 5.91 Å². The number of halogens is 1. The molecule has 0 spiro atoms. The Hall–Kier alpha value is -3.13. The molecule has 2 aromatic rings. The van der Waals surface area contributed by atoms with Crippen LogP contribution in [0.3, 0.4) is 0 Å². The Kier molecular flexibility index (Phi) is 8.42. The number of carbonyl (C=O) groups is 2. The van der Waals surface area contributed by atoms with Crippen molar-refractivity contribution in [2.75, 3.05) is 27.9 Å². The molecule has 0 unspecified atom stereocenters. The average molecular weight is 423 g/mol. The Morgan fingerprint density at radius 3 is 2.10 bits per heavy atom. The summed E-state index contributed by atoms with van der Waals surface area (Å²) < 4.78 is 21.1. The summed E-state index contributed by atoms with van der Waals surface area (Å²) in [6.07, 6.45) is 0.554. The van der Waals surface area contributed by atoms with Gasteiger partial charge in [-0.3, -0.25) is 20.4 Å². The van der Waals surface area contributed by atoms with E-state index in [4.69, 9.17) is 30.5 Å². The van der Waals surface area contributed by atoms with Gasteiger partial charge in [0.15, 0.2) is 18.1 Å². The number of para-hydroxylation sites is 1. The highest BCUT2D eigenvalue weighted by molar-refractivity contribution is 6.32. The van der Waals surface area contributed by atoms with Gasteiger partial charge in [-0.25, -0.2) is 0 Å². The Morgan fingerprint density at radius 2 is 1.52 bits per heavy atom. The monoisotopic (exact) mass is 422 g/mol. The fraction of sp³-hybridized carbons (Fsp3) is 0.300. The standard InChI is InChI=1S/C20H23ClN2O6/c1-26-16-10-13(11-17(27-2)20(16)28-3)8-9-18(24)22-23-19(25)12-29-15-7-5-4-6-14(15)21/h4-7,10-11H,8-9,12H2,1-3H3,(H,22,24)(H,23,25). The number of hydrogen-bond acceptors (Lipinski definition) is 6. The molecule has 0 atom stereocenters. The van der Waals surface area contributed by atoms with Gasteiger partial charge in [0.05, 0.1) is 26.4 Å². The molecule has 0 aromatic heterocycles. The summed E-state index contributed by atoms with van der Waals surface area (Å²) in [5.74, 6) is 1.02. The average Bonchev–Trinajstić information content (AvgIpc) is 2.74. The molecule has 0 bridgehead atoms. The Balaban J connectivity index is 1.81. The molecule has 0 fully saturated rings. The molecule has 29 heavy (non-hydrogen) atoms. The van der Waals surface area contributed by atoms with Crippen LogP contribution in [-0.2, 0) is 16.0 Å². The fourth-order valence-electron chi connectivity index (χ4n) is 2.48. The van der Waals surface area contributed by atoms with Crippen LogP contribution in [0.25, 0.3) is 0 Å². The van der Waals surface area contributed by atoms with Gasteiger partial charge in [-0.1, -0.05) is 23.7 Å². The van der Waals surface area contributed by atoms with Crippen LogP contribution in [0.2, 0.25) is 5.02 Å².